The highest BCUT2D eigenvalue weighted by atomic mass is 16.5. The molecule has 0 saturated heterocycles. The molecule has 0 aliphatic carbocycles. The number of rotatable bonds is 6. The van der Waals surface area contributed by atoms with Crippen LogP contribution in [0.5, 0.6) is 0 Å². The molecule has 22 heavy (non-hydrogen) atoms. The Labute approximate surface area is 125 Å². The molecule has 114 valence electrons. The molecule has 0 atom stereocenters. The van der Waals surface area contributed by atoms with Crippen molar-refractivity contribution < 1.29 is 19.1 Å². The maximum atomic E-state index is 11.7. The zero-order valence-corrected chi connectivity index (χ0v) is 11.5. The number of benzene rings is 1. The first-order valence-electron chi connectivity index (χ1n) is 6.39. The first-order valence-corrected chi connectivity index (χ1v) is 6.39. The molecule has 2 rings (SSSR count). The Morgan fingerprint density at radius 2 is 1.86 bits per heavy atom. The smallest absolute Gasteiger partial charge is 0.374 e. The summed E-state index contributed by atoms with van der Waals surface area (Å²) in [6.45, 7) is -0.000690. The molecule has 0 spiro atoms. The van der Waals surface area contributed by atoms with E-state index >= 15 is 0 Å². The minimum absolute atomic E-state index is 0.000690. The van der Waals surface area contributed by atoms with E-state index in [4.69, 9.17) is 10.5 Å². The summed E-state index contributed by atoms with van der Waals surface area (Å²) in [5.74, 6) is -2.53. The lowest BCUT2D eigenvalue weighted by Crippen LogP contribution is -2.21. The molecule has 0 radical (unpaired) electrons. The predicted molar refractivity (Wildman–Crippen MR) is 73.3 cm³/mol. The van der Waals surface area contributed by atoms with E-state index in [1.165, 1.54) is 0 Å². The average molecular weight is 303 g/mol. The van der Waals surface area contributed by atoms with Crippen molar-refractivity contribution in [1.82, 2.24) is 20.2 Å². The summed E-state index contributed by atoms with van der Waals surface area (Å²) in [5, 5.41) is 9.92. The third kappa shape index (κ3) is 3.95. The van der Waals surface area contributed by atoms with Crippen molar-refractivity contribution in [3.63, 3.8) is 0 Å². The van der Waals surface area contributed by atoms with Gasteiger partial charge in [0.25, 0.3) is 5.91 Å². The fourth-order valence-electron chi connectivity index (χ4n) is 1.60. The Morgan fingerprint density at radius 3 is 2.50 bits per heavy atom. The molecule has 0 amide bonds. The highest BCUT2D eigenvalue weighted by Gasteiger charge is 2.19. The zero-order chi connectivity index (χ0) is 15.9. The van der Waals surface area contributed by atoms with Crippen molar-refractivity contribution in [1.29, 1.82) is 0 Å². The van der Waals surface area contributed by atoms with Gasteiger partial charge in [0, 0.05) is 12.8 Å². The van der Waals surface area contributed by atoms with Crippen LogP contribution < -0.4 is 5.73 Å². The lowest BCUT2D eigenvalue weighted by atomic mass is 10.2. The van der Waals surface area contributed by atoms with Crippen molar-refractivity contribution in [2.75, 3.05) is 5.73 Å². The molecular weight excluding hydrogens is 290 g/mol. The van der Waals surface area contributed by atoms with Crippen molar-refractivity contribution >= 4 is 23.6 Å². The first kappa shape index (κ1) is 15.3. The molecule has 9 nitrogen and oxygen atoms in total. The molecule has 0 saturated carbocycles. The summed E-state index contributed by atoms with van der Waals surface area (Å²) in [6.07, 6.45) is -0.541. The van der Waals surface area contributed by atoms with E-state index in [2.05, 4.69) is 15.5 Å². The average Bonchev–Trinajstić information content (AvgIpc) is 2.97. The van der Waals surface area contributed by atoms with Crippen molar-refractivity contribution in [3.05, 3.63) is 35.9 Å². The van der Waals surface area contributed by atoms with Crippen molar-refractivity contribution in [3.8, 4) is 0 Å². The van der Waals surface area contributed by atoms with Crippen LogP contribution >= 0.6 is 0 Å². The number of carbonyl (C=O) groups is 3. The van der Waals surface area contributed by atoms with Crippen LogP contribution in [0.3, 0.4) is 0 Å². The van der Waals surface area contributed by atoms with Crippen LogP contribution in [0.25, 0.3) is 0 Å². The van der Waals surface area contributed by atoms with Gasteiger partial charge in [0.2, 0.25) is 11.7 Å². The number of nitrogens with zero attached hydrogens (tertiary/aromatic N) is 4. The first-order chi connectivity index (χ1) is 10.6. The third-order valence-corrected chi connectivity index (χ3v) is 2.74. The third-order valence-electron chi connectivity index (χ3n) is 2.74. The van der Waals surface area contributed by atoms with Gasteiger partial charge in [-0.1, -0.05) is 35.4 Å². The molecule has 0 fully saturated rings. The van der Waals surface area contributed by atoms with Crippen molar-refractivity contribution in [2.45, 2.75) is 19.4 Å². The second-order valence-corrected chi connectivity index (χ2v) is 4.33. The Morgan fingerprint density at radius 1 is 1.14 bits per heavy atom. The second kappa shape index (κ2) is 7.07. The number of esters is 1. The van der Waals surface area contributed by atoms with Gasteiger partial charge in [0.05, 0.1) is 0 Å². The van der Waals surface area contributed by atoms with Gasteiger partial charge in [-0.3, -0.25) is 9.59 Å². The van der Waals surface area contributed by atoms with Crippen LogP contribution in [0, 0.1) is 0 Å². The Balaban J connectivity index is 1.78. The summed E-state index contributed by atoms with van der Waals surface area (Å²) in [6, 6.07) is 8.94. The normalized spacial score (nSPS) is 10.2. The van der Waals surface area contributed by atoms with E-state index in [0.717, 1.165) is 10.2 Å². The fourth-order valence-corrected chi connectivity index (χ4v) is 1.60. The Bertz CT molecular complexity index is 683. The number of ether oxygens (including phenoxy) is 1. The lowest BCUT2D eigenvalue weighted by molar-refractivity contribution is -0.154. The van der Waals surface area contributed by atoms with Gasteiger partial charge in [0.1, 0.15) is 6.61 Å². The van der Waals surface area contributed by atoms with Gasteiger partial charge < -0.3 is 10.5 Å². The highest BCUT2D eigenvalue weighted by molar-refractivity contribution is 6.33. The molecule has 1 aromatic heterocycles. The maximum absolute atomic E-state index is 11.7. The summed E-state index contributed by atoms with van der Waals surface area (Å²) >= 11 is 0. The van der Waals surface area contributed by atoms with Gasteiger partial charge in [-0.15, -0.1) is 4.68 Å². The van der Waals surface area contributed by atoms with Gasteiger partial charge >= 0.3 is 5.97 Å². The monoisotopic (exact) mass is 303 g/mol. The van der Waals surface area contributed by atoms with Crippen LogP contribution in [0.15, 0.2) is 30.3 Å². The van der Waals surface area contributed by atoms with E-state index in [1.54, 1.807) is 24.3 Å². The van der Waals surface area contributed by atoms with E-state index in [0.29, 0.717) is 0 Å². The van der Waals surface area contributed by atoms with E-state index in [1.807, 2.05) is 6.07 Å². The van der Waals surface area contributed by atoms with Gasteiger partial charge in [0.15, 0.2) is 0 Å². The molecule has 9 heteroatoms. The minimum Gasteiger partial charge on any atom is -0.455 e. The minimum atomic E-state index is -0.985. The van der Waals surface area contributed by atoms with Crippen LogP contribution in [-0.4, -0.2) is 37.9 Å². The lowest BCUT2D eigenvalue weighted by Gasteiger charge is -2.04. The number of hydrogen-bond acceptors (Lipinski definition) is 8. The van der Waals surface area contributed by atoms with Crippen molar-refractivity contribution in [2.24, 2.45) is 0 Å². The second-order valence-electron chi connectivity index (χ2n) is 4.33. The zero-order valence-electron chi connectivity index (χ0n) is 11.5. The number of aromatic nitrogens is 4. The van der Waals surface area contributed by atoms with Crippen LogP contribution in [-0.2, 0) is 20.9 Å². The number of anilines is 1. The topological polar surface area (TPSA) is 130 Å². The number of nitrogens with two attached hydrogens (primary N) is 1. The number of hydrogen-bond donors (Lipinski definition) is 1. The van der Waals surface area contributed by atoms with Crippen LogP contribution in [0.2, 0.25) is 0 Å². The van der Waals surface area contributed by atoms with Crippen LogP contribution in [0.4, 0.5) is 5.95 Å². The van der Waals surface area contributed by atoms with Gasteiger partial charge in [-0.25, -0.2) is 4.79 Å². The highest BCUT2D eigenvalue weighted by Crippen LogP contribution is 2.04. The molecular formula is C13H13N5O4. The summed E-state index contributed by atoms with van der Waals surface area (Å²) < 4.78 is 5.63. The van der Waals surface area contributed by atoms with Crippen LogP contribution in [0.1, 0.15) is 23.2 Å². The quantitative estimate of drug-likeness (QED) is 0.448. The molecule has 0 unspecified atom stereocenters. The standard InChI is InChI=1S/C13H13N5O4/c14-13-15-16-17-18(13)11(20)7-6-10(19)12(21)22-8-9-4-2-1-3-5-9/h1-5H,6-8H2,(H2,14,15,17). The number of ketones is 1. The van der Waals surface area contributed by atoms with E-state index in [-0.39, 0.29) is 25.4 Å². The molecule has 1 heterocycles. The van der Waals surface area contributed by atoms with Gasteiger partial charge in [-0.2, -0.15) is 0 Å². The Kier molecular flexibility index (Phi) is 4.91. The molecule has 2 N–H and O–H groups in total. The molecule has 0 aliphatic heterocycles. The number of tetrazole rings is 1. The summed E-state index contributed by atoms with van der Waals surface area (Å²) in [4.78, 5) is 34.8. The Hall–Kier alpha value is -3.10. The molecule has 0 aliphatic rings. The number of nitrogen functional groups attached to an aromatic ring is 1. The summed E-state index contributed by atoms with van der Waals surface area (Å²) in [5.41, 5.74) is 6.11. The van der Waals surface area contributed by atoms with Gasteiger partial charge in [-0.05, 0) is 16.0 Å². The largest absolute Gasteiger partial charge is 0.455 e. The fraction of sp³-hybridized carbons (Fsp3) is 0.231. The van der Waals surface area contributed by atoms with E-state index < -0.39 is 17.7 Å². The molecule has 2 aromatic rings. The predicted octanol–water partition coefficient (Wildman–Crippen LogP) is -0.0118. The van der Waals surface area contributed by atoms with E-state index in [9.17, 15) is 14.4 Å². The maximum Gasteiger partial charge on any atom is 0.374 e. The SMILES string of the molecule is Nc1nnnn1C(=O)CCC(=O)C(=O)OCc1ccccc1. The summed E-state index contributed by atoms with van der Waals surface area (Å²) in [7, 11) is 0. The number of carbonyl (C=O) groups excluding carboxylic acids is 3. The number of Topliss-reactive ketones (excluding diaryl/α,β-unsaturated/α-hetero) is 1. The molecule has 1 aromatic carbocycles. The molecule has 0 bridgehead atoms.